The van der Waals surface area contributed by atoms with Gasteiger partial charge in [0.05, 0.1) is 19.6 Å². The summed E-state index contributed by atoms with van der Waals surface area (Å²) < 4.78 is 5.37. The molecule has 0 aliphatic carbocycles. The number of likely N-dealkylation sites (N-methyl/N-ethyl adjacent to an activating group) is 1. The van der Waals surface area contributed by atoms with Crippen LogP contribution in [0.5, 0.6) is 0 Å². The normalized spacial score (nSPS) is 18.6. The van der Waals surface area contributed by atoms with Crippen molar-refractivity contribution in [2.75, 3.05) is 58.8 Å². The Morgan fingerprint density at radius 1 is 1.20 bits per heavy atom. The summed E-state index contributed by atoms with van der Waals surface area (Å²) in [5.74, 6) is 0.0121. The van der Waals surface area contributed by atoms with Crippen LogP contribution in [0.4, 0.5) is 10.5 Å². The van der Waals surface area contributed by atoms with Crippen molar-refractivity contribution >= 4 is 17.6 Å². The molecule has 0 aromatic heterocycles. The second kappa shape index (κ2) is 7.84. The van der Waals surface area contributed by atoms with Crippen LogP contribution in [0.3, 0.4) is 0 Å². The van der Waals surface area contributed by atoms with E-state index in [0.717, 1.165) is 45.0 Å². The number of likely N-dealkylation sites (tertiary alicyclic amines) is 1. The quantitative estimate of drug-likeness (QED) is 0.878. The molecule has 7 heteroatoms. The third kappa shape index (κ3) is 4.29. The van der Waals surface area contributed by atoms with E-state index in [9.17, 15) is 9.59 Å². The zero-order valence-corrected chi connectivity index (χ0v) is 14.9. The summed E-state index contributed by atoms with van der Waals surface area (Å²) in [5.41, 5.74) is 1.54. The van der Waals surface area contributed by atoms with E-state index < -0.39 is 0 Å². The van der Waals surface area contributed by atoms with Crippen LogP contribution in [0.25, 0.3) is 0 Å². The van der Waals surface area contributed by atoms with Crippen molar-refractivity contribution in [1.29, 1.82) is 0 Å². The Labute approximate surface area is 148 Å². The lowest BCUT2D eigenvalue weighted by Crippen LogP contribution is -2.63. The van der Waals surface area contributed by atoms with Gasteiger partial charge in [-0.2, -0.15) is 0 Å². The smallest absolute Gasteiger partial charge is 0.321 e. The van der Waals surface area contributed by atoms with Gasteiger partial charge in [0, 0.05) is 52.0 Å². The van der Waals surface area contributed by atoms with Crippen LogP contribution in [-0.2, 0) is 16.0 Å². The summed E-state index contributed by atoms with van der Waals surface area (Å²) in [6.07, 6.45) is 0.278. The fourth-order valence-electron chi connectivity index (χ4n) is 3.11. The number of nitrogens with zero attached hydrogens (tertiary/aromatic N) is 3. The van der Waals surface area contributed by atoms with Gasteiger partial charge in [0.15, 0.2) is 0 Å². The molecule has 1 aromatic rings. The molecule has 2 heterocycles. The minimum Gasteiger partial charge on any atom is -0.379 e. The maximum absolute atomic E-state index is 12.5. The van der Waals surface area contributed by atoms with Crippen molar-refractivity contribution in [1.82, 2.24) is 14.7 Å². The molecule has 0 radical (unpaired) electrons. The zero-order chi connectivity index (χ0) is 17.8. The van der Waals surface area contributed by atoms with Crippen molar-refractivity contribution in [3.8, 4) is 0 Å². The molecule has 2 aliphatic rings. The van der Waals surface area contributed by atoms with Crippen molar-refractivity contribution in [3.05, 3.63) is 29.8 Å². The second-order valence-electron chi connectivity index (χ2n) is 6.76. The number of hydrogen-bond donors (Lipinski definition) is 1. The van der Waals surface area contributed by atoms with Crippen LogP contribution in [0.15, 0.2) is 24.3 Å². The van der Waals surface area contributed by atoms with E-state index in [0.29, 0.717) is 11.7 Å². The Hall–Kier alpha value is -2.12. The van der Waals surface area contributed by atoms with Crippen LogP contribution in [0.2, 0.25) is 0 Å². The third-order valence-electron chi connectivity index (χ3n) is 4.81. The first-order valence-electron chi connectivity index (χ1n) is 8.70. The van der Waals surface area contributed by atoms with Gasteiger partial charge in [-0.25, -0.2) is 4.79 Å². The molecule has 2 saturated heterocycles. The van der Waals surface area contributed by atoms with Crippen LogP contribution >= 0.6 is 0 Å². The largest absolute Gasteiger partial charge is 0.379 e. The first kappa shape index (κ1) is 17.7. The Balaban J connectivity index is 1.54. The number of ether oxygens (including phenoxy) is 1. The maximum atomic E-state index is 12.5. The molecule has 7 nitrogen and oxygen atoms in total. The fourth-order valence-corrected chi connectivity index (χ4v) is 3.11. The molecule has 0 saturated carbocycles. The lowest BCUT2D eigenvalue weighted by molar-refractivity contribution is -0.127. The number of urea groups is 1. The molecule has 0 bridgehead atoms. The van der Waals surface area contributed by atoms with Crippen molar-refractivity contribution in [2.24, 2.45) is 0 Å². The van der Waals surface area contributed by atoms with Crippen LogP contribution in [-0.4, -0.2) is 86.2 Å². The first-order valence-corrected chi connectivity index (χ1v) is 8.70. The number of nitrogens with one attached hydrogen (secondary N) is 1. The number of para-hydroxylation sites is 1. The van der Waals surface area contributed by atoms with Gasteiger partial charge >= 0.3 is 6.03 Å². The van der Waals surface area contributed by atoms with E-state index in [-0.39, 0.29) is 18.4 Å². The van der Waals surface area contributed by atoms with Crippen molar-refractivity contribution in [3.63, 3.8) is 0 Å². The molecule has 1 N–H and O–H groups in total. The molecule has 1 aromatic carbocycles. The number of morpholine rings is 1. The van der Waals surface area contributed by atoms with E-state index in [1.807, 2.05) is 29.2 Å². The molecular formula is C18H26N4O3. The standard InChI is InChI=1S/C18H26N4O3/c1-20(2)17(23)11-14-5-3-4-6-16(14)19-18(24)22-12-15(13-22)21-7-9-25-10-8-21/h3-6,15H,7-13H2,1-2H3,(H,19,24). The number of amides is 3. The predicted molar refractivity (Wildman–Crippen MR) is 95.6 cm³/mol. The molecule has 0 atom stereocenters. The lowest BCUT2D eigenvalue weighted by atomic mass is 10.1. The average molecular weight is 346 g/mol. The van der Waals surface area contributed by atoms with Gasteiger partial charge < -0.3 is 19.9 Å². The van der Waals surface area contributed by atoms with Gasteiger partial charge in [0.1, 0.15) is 0 Å². The maximum Gasteiger partial charge on any atom is 0.321 e. The molecule has 0 unspecified atom stereocenters. The SMILES string of the molecule is CN(C)C(=O)Cc1ccccc1NC(=O)N1CC(N2CCOCC2)C1. The highest BCUT2D eigenvalue weighted by molar-refractivity contribution is 5.92. The van der Waals surface area contributed by atoms with E-state index in [2.05, 4.69) is 10.2 Å². The molecule has 25 heavy (non-hydrogen) atoms. The summed E-state index contributed by atoms with van der Waals surface area (Å²) in [6, 6.07) is 7.80. The predicted octanol–water partition coefficient (Wildman–Crippen LogP) is 0.866. The molecule has 3 amide bonds. The van der Waals surface area contributed by atoms with E-state index >= 15 is 0 Å². The van der Waals surface area contributed by atoms with E-state index in [4.69, 9.17) is 4.74 Å². The van der Waals surface area contributed by atoms with E-state index in [1.54, 1.807) is 19.0 Å². The molecule has 3 rings (SSSR count). The van der Waals surface area contributed by atoms with Gasteiger partial charge in [-0.15, -0.1) is 0 Å². The van der Waals surface area contributed by atoms with Crippen LogP contribution in [0, 0.1) is 0 Å². The highest BCUT2D eigenvalue weighted by Crippen LogP contribution is 2.20. The molecule has 2 aliphatic heterocycles. The Bertz CT molecular complexity index is 623. The summed E-state index contributed by atoms with van der Waals surface area (Å²) in [6.45, 7) is 4.91. The minimum absolute atomic E-state index is 0.0121. The van der Waals surface area contributed by atoms with Gasteiger partial charge in [-0.1, -0.05) is 18.2 Å². The van der Waals surface area contributed by atoms with Gasteiger partial charge in [-0.3, -0.25) is 9.69 Å². The Morgan fingerprint density at radius 3 is 2.56 bits per heavy atom. The summed E-state index contributed by atoms with van der Waals surface area (Å²) >= 11 is 0. The number of carbonyl (C=O) groups is 2. The van der Waals surface area contributed by atoms with Gasteiger partial charge in [-0.05, 0) is 11.6 Å². The Kier molecular flexibility index (Phi) is 5.55. The van der Waals surface area contributed by atoms with Crippen molar-refractivity contribution in [2.45, 2.75) is 12.5 Å². The van der Waals surface area contributed by atoms with Crippen LogP contribution < -0.4 is 5.32 Å². The average Bonchev–Trinajstić information content (AvgIpc) is 2.56. The topological polar surface area (TPSA) is 65.1 Å². The zero-order valence-electron chi connectivity index (χ0n) is 14.9. The number of rotatable bonds is 4. The van der Waals surface area contributed by atoms with Gasteiger partial charge in [0.2, 0.25) is 5.91 Å². The lowest BCUT2D eigenvalue weighted by Gasteiger charge is -2.46. The second-order valence-corrected chi connectivity index (χ2v) is 6.76. The third-order valence-corrected chi connectivity index (χ3v) is 4.81. The first-order chi connectivity index (χ1) is 12.0. The molecule has 0 spiro atoms. The molecule has 2 fully saturated rings. The summed E-state index contributed by atoms with van der Waals surface area (Å²) in [4.78, 5) is 30.2. The highest BCUT2D eigenvalue weighted by Gasteiger charge is 2.35. The van der Waals surface area contributed by atoms with Gasteiger partial charge in [0.25, 0.3) is 0 Å². The number of carbonyl (C=O) groups excluding carboxylic acids is 2. The number of hydrogen-bond acceptors (Lipinski definition) is 4. The summed E-state index contributed by atoms with van der Waals surface area (Å²) in [5, 5.41) is 2.95. The molecule has 136 valence electrons. The highest BCUT2D eigenvalue weighted by atomic mass is 16.5. The fraction of sp³-hybridized carbons (Fsp3) is 0.556. The van der Waals surface area contributed by atoms with E-state index in [1.165, 1.54) is 0 Å². The Morgan fingerprint density at radius 2 is 1.88 bits per heavy atom. The minimum atomic E-state index is -0.103. The number of anilines is 1. The summed E-state index contributed by atoms with van der Waals surface area (Å²) in [7, 11) is 3.46. The van der Waals surface area contributed by atoms with Crippen LogP contribution in [0.1, 0.15) is 5.56 Å². The molecular weight excluding hydrogens is 320 g/mol. The van der Waals surface area contributed by atoms with Crippen molar-refractivity contribution < 1.29 is 14.3 Å². The number of benzene rings is 1. The monoisotopic (exact) mass is 346 g/mol.